The molecule has 106 valence electrons. The number of nitrogens with zero attached hydrogens (tertiary/aromatic N) is 2. The molecule has 20 heavy (non-hydrogen) atoms. The Balaban J connectivity index is 2.52. The van der Waals surface area contributed by atoms with Gasteiger partial charge in [0.2, 0.25) is 0 Å². The van der Waals surface area contributed by atoms with E-state index >= 15 is 0 Å². The zero-order chi connectivity index (χ0) is 14.9. The van der Waals surface area contributed by atoms with E-state index in [-0.39, 0.29) is 6.04 Å². The van der Waals surface area contributed by atoms with E-state index in [1.165, 1.54) is 4.90 Å². The molecule has 0 bridgehead atoms. The zero-order valence-corrected chi connectivity index (χ0v) is 12.2. The summed E-state index contributed by atoms with van der Waals surface area (Å²) in [5.74, 6) is 0. The first kappa shape index (κ1) is 14.4. The summed E-state index contributed by atoms with van der Waals surface area (Å²) >= 11 is 0. The lowest BCUT2D eigenvalue weighted by Crippen LogP contribution is -2.48. The molecule has 1 aliphatic carbocycles. The molecule has 0 saturated heterocycles. The fourth-order valence-electron chi connectivity index (χ4n) is 3.08. The Morgan fingerprint density at radius 3 is 2.70 bits per heavy atom. The molecule has 0 spiro atoms. The minimum absolute atomic E-state index is 0.162. The lowest BCUT2D eigenvalue weighted by atomic mass is 9.83. The predicted molar refractivity (Wildman–Crippen MR) is 76.5 cm³/mol. The first-order chi connectivity index (χ1) is 9.36. The van der Waals surface area contributed by atoms with E-state index in [4.69, 9.17) is 0 Å². The minimum atomic E-state index is -0.905. The van der Waals surface area contributed by atoms with E-state index in [2.05, 4.69) is 6.07 Å². The van der Waals surface area contributed by atoms with Crippen LogP contribution in [-0.4, -0.2) is 21.6 Å². The molecule has 1 aromatic rings. The molecule has 1 aromatic carbocycles. The van der Waals surface area contributed by atoms with Gasteiger partial charge < -0.3 is 5.11 Å². The normalized spacial score (nSPS) is 18.0. The van der Waals surface area contributed by atoms with Crippen molar-refractivity contribution in [2.24, 2.45) is 0 Å². The van der Waals surface area contributed by atoms with Crippen LogP contribution in [0.1, 0.15) is 56.3 Å². The van der Waals surface area contributed by atoms with Crippen LogP contribution in [0.2, 0.25) is 0 Å². The predicted octanol–water partition coefficient (Wildman–Crippen LogP) is 3.71. The van der Waals surface area contributed by atoms with Gasteiger partial charge in [-0.25, -0.2) is 4.79 Å². The van der Waals surface area contributed by atoms with Crippen LogP contribution in [0.15, 0.2) is 18.2 Å². The van der Waals surface area contributed by atoms with E-state index in [1.54, 1.807) is 0 Å². The highest BCUT2D eigenvalue weighted by atomic mass is 16.4. The van der Waals surface area contributed by atoms with Gasteiger partial charge in [0, 0.05) is 5.54 Å². The molecule has 0 heterocycles. The highest BCUT2D eigenvalue weighted by molar-refractivity contribution is 5.67. The SMILES string of the molecule is CC(C)(C)N(C(=O)O)C1CCCc2c(C#N)cccc21. The van der Waals surface area contributed by atoms with Crippen LogP contribution in [0, 0.1) is 11.3 Å². The Morgan fingerprint density at radius 2 is 2.15 bits per heavy atom. The maximum absolute atomic E-state index is 11.7. The topological polar surface area (TPSA) is 64.3 Å². The van der Waals surface area contributed by atoms with Gasteiger partial charge >= 0.3 is 6.09 Å². The second-order valence-electron chi connectivity index (χ2n) is 6.22. The fourth-order valence-corrected chi connectivity index (χ4v) is 3.08. The molecule has 2 rings (SSSR count). The fraction of sp³-hybridized carbons (Fsp3) is 0.500. The van der Waals surface area contributed by atoms with Gasteiger partial charge in [0.1, 0.15) is 0 Å². The molecule has 1 amide bonds. The summed E-state index contributed by atoms with van der Waals surface area (Å²) in [6.45, 7) is 5.72. The Morgan fingerprint density at radius 1 is 1.45 bits per heavy atom. The average molecular weight is 272 g/mol. The molecule has 0 radical (unpaired) electrons. The maximum atomic E-state index is 11.7. The lowest BCUT2D eigenvalue weighted by molar-refractivity contribution is 0.0638. The quantitative estimate of drug-likeness (QED) is 0.847. The molecule has 1 aliphatic rings. The smallest absolute Gasteiger partial charge is 0.408 e. The Hall–Kier alpha value is -2.02. The third kappa shape index (κ3) is 2.49. The van der Waals surface area contributed by atoms with Crippen LogP contribution in [-0.2, 0) is 6.42 Å². The van der Waals surface area contributed by atoms with Crippen molar-refractivity contribution in [1.82, 2.24) is 4.90 Å². The van der Waals surface area contributed by atoms with Gasteiger partial charge in [-0.15, -0.1) is 0 Å². The second-order valence-corrected chi connectivity index (χ2v) is 6.22. The highest BCUT2D eigenvalue weighted by Gasteiger charge is 2.36. The first-order valence-corrected chi connectivity index (χ1v) is 6.90. The van der Waals surface area contributed by atoms with Crippen molar-refractivity contribution in [3.05, 3.63) is 34.9 Å². The first-order valence-electron chi connectivity index (χ1n) is 6.90. The number of benzene rings is 1. The van der Waals surface area contributed by atoms with Crippen molar-refractivity contribution in [3.8, 4) is 6.07 Å². The van der Waals surface area contributed by atoms with E-state index in [0.29, 0.717) is 5.56 Å². The van der Waals surface area contributed by atoms with Gasteiger partial charge in [0.05, 0.1) is 17.7 Å². The van der Waals surface area contributed by atoms with E-state index < -0.39 is 11.6 Å². The van der Waals surface area contributed by atoms with Crippen LogP contribution in [0.4, 0.5) is 4.79 Å². The van der Waals surface area contributed by atoms with Crippen molar-refractivity contribution < 1.29 is 9.90 Å². The summed E-state index contributed by atoms with van der Waals surface area (Å²) in [5.41, 5.74) is 2.22. The second kappa shape index (κ2) is 5.16. The number of carboxylic acid groups (broad SMARTS) is 1. The summed E-state index contributed by atoms with van der Waals surface area (Å²) in [6.07, 6.45) is 1.67. The highest BCUT2D eigenvalue weighted by Crippen LogP contribution is 2.38. The Bertz CT molecular complexity index is 567. The van der Waals surface area contributed by atoms with Crippen LogP contribution < -0.4 is 0 Å². The molecule has 0 saturated carbocycles. The lowest BCUT2D eigenvalue weighted by Gasteiger charge is -2.42. The molecular formula is C16H20N2O2. The molecule has 4 heteroatoms. The Labute approximate surface area is 119 Å². The number of amides is 1. The summed E-state index contributed by atoms with van der Waals surface area (Å²) < 4.78 is 0. The number of nitriles is 1. The molecule has 1 unspecified atom stereocenters. The number of rotatable bonds is 1. The van der Waals surface area contributed by atoms with E-state index in [9.17, 15) is 15.2 Å². The number of carbonyl (C=O) groups is 1. The standard InChI is InChI=1S/C16H20N2O2/c1-16(2,3)18(15(19)20)14-9-5-7-12-11(10-17)6-4-8-13(12)14/h4,6,8,14H,5,7,9H2,1-3H3,(H,19,20). The number of hydrogen-bond donors (Lipinski definition) is 1. The summed E-state index contributed by atoms with van der Waals surface area (Å²) in [6, 6.07) is 7.67. The van der Waals surface area contributed by atoms with E-state index in [1.807, 2.05) is 39.0 Å². The van der Waals surface area contributed by atoms with Gasteiger partial charge in [0.25, 0.3) is 0 Å². The maximum Gasteiger partial charge on any atom is 0.408 e. The van der Waals surface area contributed by atoms with Crippen molar-refractivity contribution in [2.45, 2.75) is 51.6 Å². The van der Waals surface area contributed by atoms with Crippen LogP contribution in [0.25, 0.3) is 0 Å². The summed E-state index contributed by atoms with van der Waals surface area (Å²) in [5, 5.41) is 18.8. The molecular weight excluding hydrogens is 252 g/mol. The van der Waals surface area contributed by atoms with Crippen molar-refractivity contribution in [1.29, 1.82) is 5.26 Å². The van der Waals surface area contributed by atoms with Gasteiger partial charge in [0.15, 0.2) is 0 Å². The molecule has 4 nitrogen and oxygen atoms in total. The van der Waals surface area contributed by atoms with Gasteiger partial charge in [-0.3, -0.25) is 4.90 Å². The van der Waals surface area contributed by atoms with Gasteiger partial charge in [-0.1, -0.05) is 12.1 Å². The zero-order valence-electron chi connectivity index (χ0n) is 12.2. The number of hydrogen-bond acceptors (Lipinski definition) is 2. The average Bonchev–Trinajstić information content (AvgIpc) is 2.36. The number of fused-ring (bicyclic) bond motifs is 1. The van der Waals surface area contributed by atoms with Crippen molar-refractivity contribution in [2.75, 3.05) is 0 Å². The molecule has 0 aliphatic heterocycles. The van der Waals surface area contributed by atoms with Crippen molar-refractivity contribution >= 4 is 6.09 Å². The van der Waals surface area contributed by atoms with Gasteiger partial charge in [-0.05, 0) is 57.2 Å². The monoisotopic (exact) mass is 272 g/mol. The molecule has 1 atom stereocenters. The molecule has 1 N–H and O–H groups in total. The minimum Gasteiger partial charge on any atom is -0.465 e. The molecule has 0 fully saturated rings. The van der Waals surface area contributed by atoms with Crippen molar-refractivity contribution in [3.63, 3.8) is 0 Å². The van der Waals surface area contributed by atoms with E-state index in [0.717, 1.165) is 30.4 Å². The Kier molecular flexibility index (Phi) is 3.71. The largest absolute Gasteiger partial charge is 0.465 e. The van der Waals surface area contributed by atoms with Crippen LogP contribution >= 0.6 is 0 Å². The van der Waals surface area contributed by atoms with Gasteiger partial charge in [-0.2, -0.15) is 5.26 Å². The summed E-state index contributed by atoms with van der Waals surface area (Å²) in [4.78, 5) is 13.2. The summed E-state index contributed by atoms with van der Waals surface area (Å²) in [7, 11) is 0. The molecule has 0 aromatic heterocycles. The third-order valence-electron chi connectivity index (χ3n) is 3.84. The van der Waals surface area contributed by atoms with Crippen LogP contribution in [0.3, 0.4) is 0 Å². The third-order valence-corrected chi connectivity index (χ3v) is 3.84. The van der Waals surface area contributed by atoms with Crippen LogP contribution in [0.5, 0.6) is 0 Å².